The molecule has 3 aromatic heterocycles. The minimum Gasteiger partial charge on any atom is -0.334 e. The molecule has 3 rings (SSSR count). The van der Waals surface area contributed by atoms with E-state index in [0.717, 1.165) is 11.3 Å². The van der Waals surface area contributed by atoms with Crippen LogP contribution in [0.15, 0.2) is 41.4 Å². The SMILES string of the molecule is NCc1cc(-c2nc(-c3cnccn3)no2)ccn1. The molecule has 0 fully saturated rings. The minimum atomic E-state index is 0.360. The van der Waals surface area contributed by atoms with Crippen LogP contribution < -0.4 is 5.73 Å². The summed E-state index contributed by atoms with van der Waals surface area (Å²) >= 11 is 0. The maximum Gasteiger partial charge on any atom is 0.258 e. The van der Waals surface area contributed by atoms with Crippen molar-refractivity contribution in [1.82, 2.24) is 25.1 Å². The Balaban J connectivity index is 1.97. The topological polar surface area (TPSA) is 104 Å². The highest BCUT2D eigenvalue weighted by molar-refractivity contribution is 5.56. The number of hydrogen-bond acceptors (Lipinski definition) is 7. The summed E-state index contributed by atoms with van der Waals surface area (Å²) in [5.41, 5.74) is 7.64. The van der Waals surface area contributed by atoms with Gasteiger partial charge in [0.05, 0.1) is 11.9 Å². The Morgan fingerprint density at radius 3 is 2.89 bits per heavy atom. The van der Waals surface area contributed by atoms with Gasteiger partial charge in [-0.3, -0.25) is 9.97 Å². The molecule has 0 saturated heterocycles. The van der Waals surface area contributed by atoms with Crippen molar-refractivity contribution in [3.05, 3.63) is 42.6 Å². The van der Waals surface area contributed by atoms with Crippen molar-refractivity contribution in [3.8, 4) is 23.0 Å². The quantitative estimate of drug-likeness (QED) is 0.744. The van der Waals surface area contributed by atoms with Gasteiger partial charge in [-0.25, -0.2) is 4.98 Å². The highest BCUT2D eigenvalue weighted by Crippen LogP contribution is 2.20. The second-order valence-corrected chi connectivity index (χ2v) is 3.75. The Morgan fingerprint density at radius 1 is 1.16 bits per heavy atom. The van der Waals surface area contributed by atoms with E-state index in [0.29, 0.717) is 24.0 Å². The third kappa shape index (κ3) is 2.31. The maximum absolute atomic E-state index is 5.55. The zero-order valence-electron chi connectivity index (χ0n) is 9.89. The Bertz CT molecular complexity index is 681. The summed E-state index contributed by atoms with van der Waals surface area (Å²) in [5.74, 6) is 0.798. The molecule has 0 amide bonds. The third-order valence-electron chi connectivity index (χ3n) is 2.49. The molecule has 7 nitrogen and oxygen atoms in total. The van der Waals surface area contributed by atoms with E-state index in [9.17, 15) is 0 Å². The van der Waals surface area contributed by atoms with Gasteiger partial charge in [0.15, 0.2) is 0 Å². The lowest BCUT2D eigenvalue weighted by Crippen LogP contribution is -1.98. The summed E-state index contributed by atoms with van der Waals surface area (Å²) in [7, 11) is 0. The molecule has 0 aromatic carbocycles. The molecular weight excluding hydrogens is 244 g/mol. The first kappa shape index (κ1) is 11.4. The first-order valence-corrected chi connectivity index (χ1v) is 5.62. The summed E-state index contributed by atoms with van der Waals surface area (Å²) < 4.78 is 5.21. The lowest BCUT2D eigenvalue weighted by Gasteiger charge is -1.97. The van der Waals surface area contributed by atoms with E-state index in [1.54, 1.807) is 30.9 Å². The molecule has 7 heteroatoms. The van der Waals surface area contributed by atoms with Crippen molar-refractivity contribution in [3.63, 3.8) is 0 Å². The van der Waals surface area contributed by atoms with Gasteiger partial charge in [0.2, 0.25) is 5.82 Å². The van der Waals surface area contributed by atoms with E-state index in [1.165, 1.54) is 0 Å². The summed E-state index contributed by atoms with van der Waals surface area (Å²) in [6, 6.07) is 3.60. The number of nitrogens with zero attached hydrogens (tertiary/aromatic N) is 5. The smallest absolute Gasteiger partial charge is 0.258 e. The van der Waals surface area contributed by atoms with Gasteiger partial charge in [0, 0.05) is 30.7 Å². The fourth-order valence-electron chi connectivity index (χ4n) is 1.58. The van der Waals surface area contributed by atoms with E-state index in [1.807, 2.05) is 6.07 Å². The molecule has 19 heavy (non-hydrogen) atoms. The molecule has 94 valence electrons. The molecule has 3 heterocycles. The standard InChI is InChI=1S/C12H10N6O/c13-6-9-5-8(1-2-15-9)12-17-11(18-19-12)10-7-14-3-4-16-10/h1-5,7H,6,13H2. The van der Waals surface area contributed by atoms with Gasteiger partial charge in [-0.05, 0) is 12.1 Å². The molecular formula is C12H10N6O. The van der Waals surface area contributed by atoms with Crippen LogP contribution in [0.2, 0.25) is 0 Å². The normalized spacial score (nSPS) is 10.6. The molecule has 0 spiro atoms. The van der Waals surface area contributed by atoms with Crippen LogP contribution in [-0.4, -0.2) is 25.1 Å². The van der Waals surface area contributed by atoms with E-state index in [2.05, 4.69) is 25.1 Å². The summed E-state index contributed by atoms with van der Waals surface area (Å²) in [4.78, 5) is 16.5. The highest BCUT2D eigenvalue weighted by atomic mass is 16.5. The second kappa shape index (κ2) is 4.91. The van der Waals surface area contributed by atoms with Crippen LogP contribution in [0.1, 0.15) is 5.69 Å². The van der Waals surface area contributed by atoms with E-state index in [-0.39, 0.29) is 0 Å². The predicted octanol–water partition coefficient (Wildman–Crippen LogP) is 1.05. The van der Waals surface area contributed by atoms with Crippen LogP contribution in [0.4, 0.5) is 0 Å². The lowest BCUT2D eigenvalue weighted by atomic mass is 10.2. The van der Waals surface area contributed by atoms with Gasteiger partial charge in [-0.2, -0.15) is 4.98 Å². The van der Waals surface area contributed by atoms with Gasteiger partial charge in [-0.1, -0.05) is 5.16 Å². The van der Waals surface area contributed by atoms with Crippen LogP contribution in [-0.2, 0) is 6.54 Å². The monoisotopic (exact) mass is 254 g/mol. The Kier molecular flexibility index (Phi) is 2.95. The van der Waals surface area contributed by atoms with Crippen LogP contribution >= 0.6 is 0 Å². The van der Waals surface area contributed by atoms with Crippen LogP contribution in [0.5, 0.6) is 0 Å². The van der Waals surface area contributed by atoms with Crippen LogP contribution in [0, 0.1) is 0 Å². The average Bonchev–Trinajstić information content (AvgIpc) is 2.98. The van der Waals surface area contributed by atoms with Gasteiger partial charge < -0.3 is 10.3 Å². The Hall–Kier alpha value is -2.67. The van der Waals surface area contributed by atoms with Crippen molar-refractivity contribution in [2.24, 2.45) is 5.73 Å². The van der Waals surface area contributed by atoms with Gasteiger partial charge >= 0.3 is 0 Å². The Morgan fingerprint density at radius 2 is 2.11 bits per heavy atom. The number of hydrogen-bond donors (Lipinski definition) is 1. The molecule has 0 unspecified atom stereocenters. The van der Waals surface area contributed by atoms with E-state index >= 15 is 0 Å². The summed E-state index contributed by atoms with van der Waals surface area (Å²) in [6.07, 6.45) is 6.39. The summed E-state index contributed by atoms with van der Waals surface area (Å²) in [5, 5.41) is 3.88. The zero-order valence-corrected chi connectivity index (χ0v) is 9.89. The minimum absolute atomic E-state index is 0.360. The number of nitrogens with two attached hydrogens (primary N) is 1. The van der Waals surface area contributed by atoms with Gasteiger partial charge in [0.25, 0.3) is 5.89 Å². The zero-order chi connectivity index (χ0) is 13.1. The summed E-state index contributed by atoms with van der Waals surface area (Å²) in [6.45, 7) is 0.360. The number of pyridine rings is 1. The molecule has 0 atom stereocenters. The molecule has 3 aromatic rings. The lowest BCUT2D eigenvalue weighted by molar-refractivity contribution is 0.432. The fourth-order valence-corrected chi connectivity index (χ4v) is 1.58. The molecule has 0 aliphatic heterocycles. The second-order valence-electron chi connectivity index (χ2n) is 3.75. The first-order valence-electron chi connectivity index (χ1n) is 5.62. The van der Waals surface area contributed by atoms with Crippen LogP contribution in [0.25, 0.3) is 23.0 Å². The van der Waals surface area contributed by atoms with E-state index in [4.69, 9.17) is 10.3 Å². The Labute approximate surface area is 108 Å². The van der Waals surface area contributed by atoms with Crippen molar-refractivity contribution in [2.75, 3.05) is 0 Å². The molecule has 0 aliphatic carbocycles. The molecule has 0 aliphatic rings. The molecule has 0 radical (unpaired) electrons. The van der Waals surface area contributed by atoms with Crippen molar-refractivity contribution in [2.45, 2.75) is 6.54 Å². The number of aromatic nitrogens is 5. The van der Waals surface area contributed by atoms with Crippen molar-refractivity contribution >= 4 is 0 Å². The average molecular weight is 254 g/mol. The number of rotatable bonds is 3. The molecule has 0 bridgehead atoms. The van der Waals surface area contributed by atoms with Crippen LogP contribution in [0.3, 0.4) is 0 Å². The maximum atomic E-state index is 5.55. The van der Waals surface area contributed by atoms with Gasteiger partial charge in [-0.15, -0.1) is 0 Å². The van der Waals surface area contributed by atoms with Crippen molar-refractivity contribution < 1.29 is 4.52 Å². The largest absolute Gasteiger partial charge is 0.334 e. The molecule has 2 N–H and O–H groups in total. The fraction of sp³-hybridized carbons (Fsp3) is 0.0833. The van der Waals surface area contributed by atoms with E-state index < -0.39 is 0 Å². The first-order chi connectivity index (χ1) is 9.36. The van der Waals surface area contributed by atoms with Gasteiger partial charge in [0.1, 0.15) is 5.69 Å². The predicted molar refractivity (Wildman–Crippen MR) is 66.4 cm³/mol. The highest BCUT2D eigenvalue weighted by Gasteiger charge is 2.11. The molecule has 0 saturated carbocycles. The third-order valence-corrected chi connectivity index (χ3v) is 2.49. The van der Waals surface area contributed by atoms with Crippen molar-refractivity contribution in [1.29, 1.82) is 0 Å².